The van der Waals surface area contributed by atoms with Gasteiger partial charge in [0.1, 0.15) is 11.8 Å². The molecule has 178 valence electrons. The number of halogens is 1. The zero-order chi connectivity index (χ0) is 23.9. The fourth-order valence-corrected chi connectivity index (χ4v) is 4.61. The topological polar surface area (TPSA) is 58.6 Å². The molecule has 2 amide bonds. The molecule has 0 bridgehead atoms. The Morgan fingerprint density at radius 1 is 1.00 bits per heavy atom. The van der Waals surface area contributed by atoms with E-state index >= 15 is 0 Å². The molecule has 3 aromatic carbocycles. The van der Waals surface area contributed by atoms with Crippen LogP contribution in [0.25, 0.3) is 10.8 Å². The molecule has 1 aliphatic carbocycles. The maximum absolute atomic E-state index is 13.4. The molecule has 0 saturated heterocycles. The highest BCUT2D eigenvalue weighted by Crippen LogP contribution is 2.25. The van der Waals surface area contributed by atoms with Crippen molar-refractivity contribution in [2.75, 3.05) is 6.61 Å². The van der Waals surface area contributed by atoms with E-state index in [-0.39, 0.29) is 24.5 Å². The SMILES string of the molecule is CC(C(=O)NC1CCCCC1)N(Cc1ccc(Cl)cc1)C(=O)COc1cccc2ccccc12. The third-order valence-electron chi connectivity index (χ3n) is 6.49. The number of fused-ring (bicyclic) bond motifs is 1. The van der Waals surface area contributed by atoms with E-state index in [0.717, 1.165) is 42.0 Å². The number of carbonyl (C=O) groups is 2. The lowest BCUT2D eigenvalue weighted by Gasteiger charge is -2.31. The van der Waals surface area contributed by atoms with Gasteiger partial charge >= 0.3 is 0 Å². The van der Waals surface area contributed by atoms with E-state index < -0.39 is 6.04 Å². The lowest BCUT2D eigenvalue weighted by atomic mass is 9.95. The van der Waals surface area contributed by atoms with Crippen LogP contribution in [0.4, 0.5) is 0 Å². The van der Waals surface area contributed by atoms with Gasteiger partial charge in [-0.2, -0.15) is 0 Å². The molecule has 0 aliphatic heterocycles. The highest BCUT2D eigenvalue weighted by molar-refractivity contribution is 6.30. The van der Waals surface area contributed by atoms with Crippen LogP contribution >= 0.6 is 11.6 Å². The van der Waals surface area contributed by atoms with Crippen molar-refractivity contribution < 1.29 is 14.3 Å². The van der Waals surface area contributed by atoms with Gasteiger partial charge in [0.05, 0.1) is 0 Å². The molecule has 0 aromatic heterocycles. The maximum atomic E-state index is 13.4. The predicted octanol–water partition coefficient (Wildman–Crippen LogP) is 5.74. The standard InChI is InChI=1S/C28H31ClN2O3/c1-20(28(33)30-24-10-3-2-4-11-24)31(18-21-14-16-23(29)17-15-21)27(32)19-34-26-13-7-9-22-8-5-6-12-25(22)26/h5-9,12-17,20,24H,2-4,10-11,18-19H2,1H3,(H,30,33). The minimum atomic E-state index is -0.624. The zero-order valence-electron chi connectivity index (χ0n) is 19.5. The largest absolute Gasteiger partial charge is 0.483 e. The Hall–Kier alpha value is -3.05. The smallest absolute Gasteiger partial charge is 0.261 e. The maximum Gasteiger partial charge on any atom is 0.261 e. The molecule has 0 spiro atoms. The number of nitrogens with zero attached hydrogens (tertiary/aromatic N) is 1. The van der Waals surface area contributed by atoms with Gasteiger partial charge in [0.15, 0.2) is 6.61 Å². The average molecular weight is 479 g/mol. The van der Waals surface area contributed by atoms with Gasteiger partial charge in [0.2, 0.25) is 5.91 Å². The molecule has 1 N–H and O–H groups in total. The van der Waals surface area contributed by atoms with Crippen molar-refractivity contribution in [1.82, 2.24) is 10.2 Å². The average Bonchev–Trinajstić information content (AvgIpc) is 2.87. The van der Waals surface area contributed by atoms with Crippen molar-refractivity contribution in [3.05, 3.63) is 77.3 Å². The molecule has 0 heterocycles. The van der Waals surface area contributed by atoms with E-state index in [0.29, 0.717) is 17.3 Å². The van der Waals surface area contributed by atoms with Crippen LogP contribution < -0.4 is 10.1 Å². The van der Waals surface area contributed by atoms with Crippen LogP contribution in [0.2, 0.25) is 5.02 Å². The van der Waals surface area contributed by atoms with E-state index in [1.54, 1.807) is 24.0 Å². The number of hydrogen-bond acceptors (Lipinski definition) is 3. The fraction of sp³-hybridized carbons (Fsp3) is 0.357. The Bertz CT molecular complexity index is 1120. The molecule has 6 heteroatoms. The minimum Gasteiger partial charge on any atom is -0.483 e. The van der Waals surface area contributed by atoms with E-state index in [9.17, 15) is 9.59 Å². The van der Waals surface area contributed by atoms with Gasteiger partial charge < -0.3 is 15.0 Å². The Balaban J connectivity index is 1.49. The molecular formula is C28H31ClN2O3. The highest BCUT2D eigenvalue weighted by Gasteiger charge is 2.28. The van der Waals surface area contributed by atoms with E-state index in [2.05, 4.69) is 5.32 Å². The summed E-state index contributed by atoms with van der Waals surface area (Å²) in [6, 6.07) is 20.6. The number of benzene rings is 3. The van der Waals surface area contributed by atoms with Crippen LogP contribution in [-0.2, 0) is 16.1 Å². The molecule has 1 fully saturated rings. The Morgan fingerprint density at radius 3 is 2.47 bits per heavy atom. The number of hydrogen-bond donors (Lipinski definition) is 1. The summed E-state index contributed by atoms with van der Waals surface area (Å²) in [4.78, 5) is 28.0. The van der Waals surface area contributed by atoms with Crippen LogP contribution in [0.5, 0.6) is 5.75 Å². The molecule has 4 rings (SSSR count). The molecule has 34 heavy (non-hydrogen) atoms. The third-order valence-corrected chi connectivity index (χ3v) is 6.74. The summed E-state index contributed by atoms with van der Waals surface area (Å²) in [6.45, 7) is 1.93. The first-order valence-corrected chi connectivity index (χ1v) is 12.3. The predicted molar refractivity (Wildman–Crippen MR) is 136 cm³/mol. The van der Waals surface area contributed by atoms with Crippen molar-refractivity contribution in [1.29, 1.82) is 0 Å². The molecule has 5 nitrogen and oxygen atoms in total. The number of nitrogens with one attached hydrogen (secondary N) is 1. The molecular weight excluding hydrogens is 448 g/mol. The first kappa shape index (κ1) is 24.1. The van der Waals surface area contributed by atoms with Crippen molar-refractivity contribution in [2.24, 2.45) is 0 Å². The van der Waals surface area contributed by atoms with Crippen molar-refractivity contribution in [3.63, 3.8) is 0 Å². The second-order valence-corrected chi connectivity index (χ2v) is 9.37. The second-order valence-electron chi connectivity index (χ2n) is 8.93. The molecule has 1 aliphatic rings. The van der Waals surface area contributed by atoms with Crippen LogP contribution in [-0.4, -0.2) is 35.4 Å². The minimum absolute atomic E-state index is 0.126. The van der Waals surface area contributed by atoms with Crippen molar-refractivity contribution >= 4 is 34.2 Å². The van der Waals surface area contributed by atoms with Gasteiger partial charge in [-0.15, -0.1) is 0 Å². The highest BCUT2D eigenvalue weighted by atomic mass is 35.5. The first-order chi connectivity index (χ1) is 16.5. The summed E-state index contributed by atoms with van der Waals surface area (Å²) in [5.41, 5.74) is 0.903. The third kappa shape index (κ3) is 6.09. The van der Waals surface area contributed by atoms with Crippen molar-refractivity contribution in [2.45, 2.75) is 57.7 Å². The fourth-order valence-electron chi connectivity index (χ4n) is 4.48. The summed E-state index contributed by atoms with van der Waals surface area (Å²) in [6.07, 6.45) is 5.47. The number of carbonyl (C=O) groups excluding carboxylic acids is 2. The van der Waals surface area contributed by atoms with Crippen LogP contribution in [0, 0.1) is 0 Å². The Kier molecular flexibility index (Phi) is 8.07. The Labute approximate surface area is 206 Å². The summed E-state index contributed by atoms with van der Waals surface area (Å²) in [5.74, 6) is 0.283. The van der Waals surface area contributed by atoms with Gasteiger partial charge in [0, 0.05) is 23.0 Å². The van der Waals surface area contributed by atoms with Crippen molar-refractivity contribution in [3.8, 4) is 5.75 Å². The monoisotopic (exact) mass is 478 g/mol. The quantitative estimate of drug-likeness (QED) is 0.449. The lowest BCUT2D eigenvalue weighted by Crippen LogP contribution is -2.51. The first-order valence-electron chi connectivity index (χ1n) is 12.0. The van der Waals surface area contributed by atoms with Crippen LogP contribution in [0.1, 0.15) is 44.6 Å². The lowest BCUT2D eigenvalue weighted by molar-refractivity contribution is -0.142. The number of ether oxygens (including phenoxy) is 1. The van der Waals surface area contributed by atoms with Gasteiger partial charge in [-0.25, -0.2) is 0 Å². The van der Waals surface area contributed by atoms with E-state index in [4.69, 9.17) is 16.3 Å². The molecule has 1 unspecified atom stereocenters. The summed E-state index contributed by atoms with van der Waals surface area (Å²) >= 11 is 6.03. The number of amides is 2. The Morgan fingerprint density at radius 2 is 1.71 bits per heavy atom. The normalized spacial score (nSPS) is 15.0. The van der Waals surface area contributed by atoms with Gasteiger partial charge in [-0.3, -0.25) is 9.59 Å². The number of rotatable bonds is 8. The van der Waals surface area contributed by atoms with Gasteiger partial charge in [0.25, 0.3) is 5.91 Å². The molecule has 1 saturated carbocycles. The van der Waals surface area contributed by atoms with Gasteiger partial charge in [-0.1, -0.05) is 79.4 Å². The molecule has 0 radical (unpaired) electrons. The summed E-state index contributed by atoms with van der Waals surface area (Å²) in [7, 11) is 0. The molecule has 1 atom stereocenters. The summed E-state index contributed by atoms with van der Waals surface area (Å²) in [5, 5.41) is 5.78. The summed E-state index contributed by atoms with van der Waals surface area (Å²) < 4.78 is 5.95. The zero-order valence-corrected chi connectivity index (χ0v) is 20.3. The van der Waals surface area contributed by atoms with Gasteiger partial charge in [-0.05, 0) is 48.9 Å². The molecule has 3 aromatic rings. The van der Waals surface area contributed by atoms with Crippen LogP contribution in [0.15, 0.2) is 66.7 Å². The second kappa shape index (κ2) is 11.4. The van der Waals surface area contributed by atoms with Crippen LogP contribution in [0.3, 0.4) is 0 Å². The van der Waals surface area contributed by atoms with E-state index in [1.165, 1.54) is 6.42 Å². The van der Waals surface area contributed by atoms with E-state index in [1.807, 2.05) is 54.6 Å².